The molecule has 8 heteroatoms. The third-order valence-corrected chi connectivity index (χ3v) is 4.98. The van der Waals surface area contributed by atoms with Crippen LogP contribution in [0.1, 0.15) is 41.1 Å². The number of likely N-dealkylation sites (tertiary alicyclic amines) is 1. The Morgan fingerprint density at radius 3 is 3.18 bits per heavy atom. The third-order valence-electron chi connectivity index (χ3n) is 4.39. The number of hydrogen-bond acceptors (Lipinski definition) is 6. The highest BCUT2D eigenvalue weighted by Crippen LogP contribution is 2.40. The molecule has 0 aromatic carbocycles. The molecular weight excluding hydrogens is 302 g/mol. The van der Waals surface area contributed by atoms with Crippen molar-refractivity contribution in [3.05, 3.63) is 28.2 Å². The first-order valence-corrected chi connectivity index (χ1v) is 8.37. The number of piperidine rings is 1. The lowest BCUT2D eigenvalue weighted by Gasteiger charge is -2.33. The van der Waals surface area contributed by atoms with Crippen LogP contribution >= 0.6 is 11.3 Å². The summed E-state index contributed by atoms with van der Waals surface area (Å²) < 4.78 is 6.11. The number of carbonyl (C=O) groups excluding carboxylic acids is 1. The van der Waals surface area contributed by atoms with Crippen molar-refractivity contribution in [3.8, 4) is 0 Å². The second-order valence-corrected chi connectivity index (χ2v) is 6.57. The number of H-pyrrole nitrogens is 1. The van der Waals surface area contributed by atoms with Gasteiger partial charge >= 0.3 is 0 Å². The molecule has 0 spiro atoms. The fourth-order valence-corrected chi connectivity index (χ4v) is 3.79. The Balaban J connectivity index is 1.44. The molecule has 2 aliphatic rings. The number of aromatic amines is 1. The minimum atomic E-state index is -0.0609. The first-order valence-electron chi connectivity index (χ1n) is 7.42. The van der Waals surface area contributed by atoms with E-state index in [-0.39, 0.29) is 18.1 Å². The van der Waals surface area contributed by atoms with Gasteiger partial charge in [0.25, 0.3) is 5.91 Å². The number of ether oxygens (including phenoxy) is 1. The molecule has 0 radical (unpaired) electrons. The van der Waals surface area contributed by atoms with Gasteiger partial charge in [-0.2, -0.15) is 5.10 Å². The molecule has 22 heavy (non-hydrogen) atoms. The van der Waals surface area contributed by atoms with Gasteiger partial charge < -0.3 is 9.64 Å². The van der Waals surface area contributed by atoms with Crippen LogP contribution in [0.3, 0.4) is 0 Å². The molecule has 0 bridgehead atoms. The van der Waals surface area contributed by atoms with Crippen molar-refractivity contribution in [2.75, 3.05) is 13.1 Å². The summed E-state index contributed by atoms with van der Waals surface area (Å²) in [6, 6.07) is 0. The second-order valence-electron chi connectivity index (χ2n) is 5.85. The molecule has 1 amide bonds. The lowest BCUT2D eigenvalue weighted by atomic mass is 9.91. The van der Waals surface area contributed by atoms with Gasteiger partial charge in [0.05, 0.1) is 11.6 Å². The number of hydrogen-bond donors (Lipinski definition) is 1. The highest BCUT2D eigenvalue weighted by Gasteiger charge is 2.42. The van der Waals surface area contributed by atoms with E-state index in [1.165, 1.54) is 11.3 Å². The lowest BCUT2D eigenvalue weighted by molar-refractivity contribution is -0.00696. The van der Waals surface area contributed by atoms with Crippen LogP contribution in [0.5, 0.6) is 0 Å². The molecule has 2 saturated heterocycles. The minimum Gasteiger partial charge on any atom is -0.365 e. The van der Waals surface area contributed by atoms with Gasteiger partial charge in [-0.05, 0) is 25.7 Å². The summed E-state index contributed by atoms with van der Waals surface area (Å²) in [6.45, 7) is 3.27. The summed E-state index contributed by atoms with van der Waals surface area (Å²) in [5, 5.41) is 8.85. The molecule has 7 nitrogen and oxygen atoms in total. The maximum Gasteiger partial charge on any atom is 0.273 e. The highest BCUT2D eigenvalue weighted by molar-refractivity contribution is 7.07. The average molecular weight is 319 g/mol. The van der Waals surface area contributed by atoms with Crippen LogP contribution in [0.25, 0.3) is 0 Å². The van der Waals surface area contributed by atoms with Crippen molar-refractivity contribution in [2.24, 2.45) is 5.92 Å². The quantitative estimate of drug-likeness (QED) is 0.908. The molecule has 0 saturated carbocycles. The Bertz CT molecular complexity index is 671. The van der Waals surface area contributed by atoms with E-state index in [4.69, 9.17) is 4.74 Å². The molecule has 3 atom stereocenters. The van der Waals surface area contributed by atoms with Gasteiger partial charge in [0, 0.05) is 18.5 Å². The average Bonchev–Trinajstić information content (AvgIpc) is 3.25. The van der Waals surface area contributed by atoms with Gasteiger partial charge in [0.2, 0.25) is 0 Å². The maximum absolute atomic E-state index is 12.4. The predicted molar refractivity (Wildman–Crippen MR) is 79.5 cm³/mol. The molecule has 0 unspecified atom stereocenters. The van der Waals surface area contributed by atoms with Crippen LogP contribution in [0.4, 0.5) is 0 Å². The fourth-order valence-electron chi connectivity index (χ4n) is 3.27. The zero-order valence-electron chi connectivity index (χ0n) is 12.2. The first-order chi connectivity index (χ1) is 10.7. The summed E-state index contributed by atoms with van der Waals surface area (Å²) in [4.78, 5) is 22.7. The smallest absolute Gasteiger partial charge is 0.273 e. The van der Waals surface area contributed by atoms with Crippen molar-refractivity contribution in [3.63, 3.8) is 0 Å². The van der Waals surface area contributed by atoms with Crippen LogP contribution in [-0.4, -0.2) is 50.2 Å². The number of rotatable bonds is 2. The normalized spacial score (nSPS) is 27.9. The van der Waals surface area contributed by atoms with Crippen LogP contribution < -0.4 is 0 Å². The molecule has 2 aromatic rings. The van der Waals surface area contributed by atoms with E-state index in [0.29, 0.717) is 18.2 Å². The Morgan fingerprint density at radius 1 is 1.55 bits per heavy atom. The van der Waals surface area contributed by atoms with Gasteiger partial charge in [-0.15, -0.1) is 11.3 Å². The molecule has 116 valence electrons. The Kier molecular flexibility index (Phi) is 3.42. The number of fused-ring (bicyclic) bond motifs is 1. The molecule has 1 N–H and O–H groups in total. The van der Waals surface area contributed by atoms with Crippen molar-refractivity contribution >= 4 is 17.2 Å². The summed E-state index contributed by atoms with van der Waals surface area (Å²) in [5.74, 6) is 2.00. The zero-order chi connectivity index (χ0) is 15.1. The molecule has 2 fully saturated rings. The van der Waals surface area contributed by atoms with Gasteiger partial charge in [0.15, 0.2) is 5.82 Å². The maximum atomic E-state index is 12.4. The molecule has 4 heterocycles. The van der Waals surface area contributed by atoms with Gasteiger partial charge in [-0.3, -0.25) is 9.89 Å². The standard InChI is InChI=1S/C14H17N5O2S/c1-8-16-13(18-17-8)11-4-9-2-3-19(5-12(9)21-11)14(20)10-6-22-7-15-10/h6-7,9,11-12H,2-5H2,1H3,(H,16,17,18)/t9-,11+,12+/m1/s1. The van der Waals surface area contributed by atoms with E-state index in [9.17, 15) is 4.79 Å². The van der Waals surface area contributed by atoms with E-state index in [2.05, 4.69) is 20.2 Å². The summed E-state index contributed by atoms with van der Waals surface area (Å²) in [7, 11) is 0. The topological polar surface area (TPSA) is 84.0 Å². The number of nitrogens with one attached hydrogen (secondary N) is 1. The predicted octanol–water partition coefficient (Wildman–Crippen LogP) is 1.56. The number of thiazole rings is 1. The van der Waals surface area contributed by atoms with E-state index >= 15 is 0 Å². The molecule has 2 aromatic heterocycles. The first kappa shape index (κ1) is 13.8. The molecule has 4 rings (SSSR count). The van der Waals surface area contributed by atoms with Crippen molar-refractivity contribution in [1.29, 1.82) is 0 Å². The van der Waals surface area contributed by atoms with E-state index in [1.807, 2.05) is 11.8 Å². The lowest BCUT2D eigenvalue weighted by Crippen LogP contribution is -2.45. The number of aromatic nitrogens is 4. The SMILES string of the molecule is Cc1nc([C@@H]2C[C@H]3CCN(C(=O)c4cscn4)C[C@@H]3O2)n[nH]1. The van der Waals surface area contributed by atoms with E-state index in [1.54, 1.807) is 10.9 Å². The van der Waals surface area contributed by atoms with Gasteiger partial charge in [-0.1, -0.05) is 0 Å². The van der Waals surface area contributed by atoms with Crippen molar-refractivity contribution < 1.29 is 9.53 Å². The summed E-state index contributed by atoms with van der Waals surface area (Å²) in [5.41, 5.74) is 2.22. The van der Waals surface area contributed by atoms with Gasteiger partial charge in [0.1, 0.15) is 17.6 Å². The minimum absolute atomic E-state index is 0.000453. The monoisotopic (exact) mass is 319 g/mol. The van der Waals surface area contributed by atoms with E-state index < -0.39 is 0 Å². The van der Waals surface area contributed by atoms with Crippen LogP contribution in [0, 0.1) is 12.8 Å². The van der Waals surface area contributed by atoms with Crippen LogP contribution in [0.15, 0.2) is 10.9 Å². The van der Waals surface area contributed by atoms with Gasteiger partial charge in [-0.25, -0.2) is 9.97 Å². The second kappa shape index (κ2) is 5.44. The molecule has 2 aliphatic heterocycles. The molecular formula is C14H17N5O2S. The third kappa shape index (κ3) is 2.42. The zero-order valence-corrected chi connectivity index (χ0v) is 13.0. The largest absolute Gasteiger partial charge is 0.365 e. The van der Waals surface area contributed by atoms with E-state index in [0.717, 1.165) is 31.0 Å². The van der Waals surface area contributed by atoms with Crippen molar-refractivity contribution in [2.45, 2.75) is 32.0 Å². The Labute approximate surface area is 131 Å². The summed E-state index contributed by atoms with van der Waals surface area (Å²) in [6.07, 6.45) is 1.90. The van der Waals surface area contributed by atoms with Crippen molar-refractivity contribution in [1.82, 2.24) is 25.1 Å². The van der Waals surface area contributed by atoms with Crippen LogP contribution in [-0.2, 0) is 4.74 Å². The number of nitrogens with zero attached hydrogens (tertiary/aromatic N) is 4. The fraction of sp³-hybridized carbons (Fsp3) is 0.571. The Morgan fingerprint density at radius 2 is 2.45 bits per heavy atom. The number of amides is 1. The number of carbonyl (C=O) groups is 1. The van der Waals surface area contributed by atoms with Crippen LogP contribution in [0.2, 0.25) is 0 Å². The Hall–Kier alpha value is -1.80. The highest BCUT2D eigenvalue weighted by atomic mass is 32.1. The number of aryl methyl sites for hydroxylation is 1. The summed E-state index contributed by atoms with van der Waals surface area (Å²) >= 11 is 1.44. The molecule has 0 aliphatic carbocycles.